The van der Waals surface area contributed by atoms with E-state index < -0.39 is 0 Å². The van der Waals surface area contributed by atoms with E-state index in [4.69, 9.17) is 0 Å². The first-order chi connectivity index (χ1) is 9.75. The van der Waals surface area contributed by atoms with E-state index >= 15 is 0 Å². The molecule has 1 aromatic heterocycles. The monoisotopic (exact) mass is 278 g/mol. The zero-order valence-corrected chi connectivity index (χ0v) is 12.5. The molecule has 3 rings (SSSR count). The third-order valence-electron chi connectivity index (χ3n) is 4.87. The van der Waals surface area contributed by atoms with Crippen molar-refractivity contribution < 1.29 is 0 Å². The Balaban J connectivity index is 1.56. The second-order valence-electron chi connectivity index (χ2n) is 6.35. The van der Waals surface area contributed by atoms with Crippen LogP contribution in [0.2, 0.25) is 0 Å². The molecule has 2 heterocycles. The van der Waals surface area contributed by atoms with Gasteiger partial charge in [-0.3, -0.25) is 4.57 Å². The molecule has 2 atom stereocenters. The van der Waals surface area contributed by atoms with E-state index in [0.29, 0.717) is 12.6 Å². The highest BCUT2D eigenvalue weighted by Crippen LogP contribution is 2.23. The van der Waals surface area contributed by atoms with Crippen LogP contribution in [0.3, 0.4) is 0 Å². The average molecular weight is 278 g/mol. The van der Waals surface area contributed by atoms with Crippen LogP contribution in [0.15, 0.2) is 4.79 Å². The van der Waals surface area contributed by atoms with Crippen LogP contribution < -0.4 is 11.0 Å². The van der Waals surface area contributed by atoms with Gasteiger partial charge in [-0.2, -0.15) is 5.10 Å². The van der Waals surface area contributed by atoms with Gasteiger partial charge in [0.15, 0.2) is 0 Å². The number of nitrogens with zero attached hydrogens (tertiary/aromatic N) is 3. The van der Waals surface area contributed by atoms with Gasteiger partial charge < -0.3 is 5.32 Å². The molecule has 1 fully saturated rings. The molecule has 5 heteroatoms. The van der Waals surface area contributed by atoms with Gasteiger partial charge in [0.2, 0.25) is 0 Å². The summed E-state index contributed by atoms with van der Waals surface area (Å²) >= 11 is 0. The van der Waals surface area contributed by atoms with E-state index in [-0.39, 0.29) is 5.69 Å². The summed E-state index contributed by atoms with van der Waals surface area (Å²) in [5, 5.41) is 8.10. The molecular weight excluding hydrogens is 252 g/mol. The van der Waals surface area contributed by atoms with Crippen LogP contribution in [0.5, 0.6) is 0 Å². The Morgan fingerprint density at radius 2 is 2.10 bits per heavy atom. The first-order valence-corrected chi connectivity index (χ1v) is 8.15. The Kier molecular flexibility index (Phi) is 4.24. The summed E-state index contributed by atoms with van der Waals surface area (Å²) in [7, 11) is 0. The molecule has 1 N–H and O–H groups in total. The maximum Gasteiger partial charge on any atom is 0.345 e. The molecule has 1 aliphatic carbocycles. The van der Waals surface area contributed by atoms with Crippen LogP contribution in [0.1, 0.15) is 51.3 Å². The second kappa shape index (κ2) is 6.12. The number of hydrogen-bond donors (Lipinski definition) is 1. The topological polar surface area (TPSA) is 51.9 Å². The Morgan fingerprint density at radius 3 is 2.90 bits per heavy atom. The largest absolute Gasteiger partial charge is 0.345 e. The number of nitrogens with one attached hydrogen (secondary N) is 1. The molecule has 2 aliphatic rings. The summed E-state index contributed by atoms with van der Waals surface area (Å²) in [6.45, 7) is 4.73. The quantitative estimate of drug-likeness (QED) is 0.909. The normalized spacial score (nSPS) is 26.4. The van der Waals surface area contributed by atoms with E-state index in [1.807, 2.05) is 4.57 Å². The fourth-order valence-electron chi connectivity index (χ4n) is 3.57. The summed E-state index contributed by atoms with van der Waals surface area (Å²) in [5.41, 5.74) is 0.0817. The SMILES string of the molecule is CC1CCCCC1NCCn1nc2n(c1=O)CCCC2. The van der Waals surface area contributed by atoms with Gasteiger partial charge in [-0.1, -0.05) is 19.8 Å². The van der Waals surface area contributed by atoms with Crippen LogP contribution in [0.25, 0.3) is 0 Å². The van der Waals surface area contributed by atoms with Gasteiger partial charge in [0.05, 0.1) is 6.54 Å². The average Bonchev–Trinajstić information content (AvgIpc) is 2.78. The number of rotatable bonds is 4. The zero-order chi connectivity index (χ0) is 13.9. The minimum atomic E-state index is 0.0817. The van der Waals surface area contributed by atoms with Crippen molar-refractivity contribution in [1.29, 1.82) is 0 Å². The molecule has 0 aromatic carbocycles. The van der Waals surface area contributed by atoms with Crippen molar-refractivity contribution in [3.05, 3.63) is 16.3 Å². The van der Waals surface area contributed by atoms with Crippen LogP contribution in [0, 0.1) is 5.92 Å². The summed E-state index contributed by atoms with van der Waals surface area (Å²) < 4.78 is 3.51. The van der Waals surface area contributed by atoms with Gasteiger partial charge >= 0.3 is 5.69 Å². The zero-order valence-electron chi connectivity index (χ0n) is 12.5. The van der Waals surface area contributed by atoms with Gasteiger partial charge in [0.1, 0.15) is 5.82 Å². The summed E-state index contributed by atoms with van der Waals surface area (Å²) in [6, 6.07) is 0.622. The van der Waals surface area contributed by atoms with Crippen LogP contribution >= 0.6 is 0 Å². The molecule has 1 aromatic rings. The lowest BCUT2D eigenvalue weighted by Gasteiger charge is -2.29. The summed E-state index contributed by atoms with van der Waals surface area (Å²) in [4.78, 5) is 12.2. The standard InChI is InChI=1S/C15H26N4O/c1-12-6-2-3-7-13(12)16-9-11-19-15(20)18-10-5-4-8-14(18)17-19/h12-13,16H,2-11H2,1H3. The number of hydrogen-bond acceptors (Lipinski definition) is 3. The predicted octanol–water partition coefficient (Wildman–Crippen LogP) is 1.55. The lowest BCUT2D eigenvalue weighted by atomic mass is 9.86. The molecule has 2 unspecified atom stereocenters. The van der Waals surface area contributed by atoms with Gasteiger partial charge in [-0.25, -0.2) is 9.48 Å². The molecule has 0 amide bonds. The Morgan fingerprint density at radius 1 is 1.25 bits per heavy atom. The third-order valence-corrected chi connectivity index (χ3v) is 4.87. The molecule has 1 saturated carbocycles. The maximum atomic E-state index is 12.2. The molecule has 0 bridgehead atoms. The Labute approximate surface area is 120 Å². The number of aryl methyl sites for hydroxylation is 1. The summed E-state index contributed by atoms with van der Waals surface area (Å²) in [6.07, 6.45) is 8.53. The highest BCUT2D eigenvalue weighted by Gasteiger charge is 2.21. The lowest BCUT2D eigenvalue weighted by Crippen LogP contribution is -2.40. The van der Waals surface area contributed by atoms with E-state index in [2.05, 4.69) is 17.3 Å². The molecule has 0 spiro atoms. The number of fused-ring (bicyclic) bond motifs is 1. The third kappa shape index (κ3) is 2.82. The highest BCUT2D eigenvalue weighted by molar-refractivity contribution is 4.91. The van der Waals surface area contributed by atoms with E-state index in [9.17, 15) is 4.79 Å². The van der Waals surface area contributed by atoms with Gasteiger partial charge in [0, 0.05) is 25.6 Å². The van der Waals surface area contributed by atoms with Crippen molar-refractivity contribution >= 4 is 0 Å². The molecular formula is C15H26N4O. The van der Waals surface area contributed by atoms with Crippen LogP contribution in [-0.4, -0.2) is 26.9 Å². The molecule has 0 saturated heterocycles. The van der Waals surface area contributed by atoms with E-state index in [1.54, 1.807) is 4.68 Å². The lowest BCUT2D eigenvalue weighted by molar-refractivity contribution is 0.276. The second-order valence-corrected chi connectivity index (χ2v) is 6.35. The fourth-order valence-corrected chi connectivity index (χ4v) is 3.57. The van der Waals surface area contributed by atoms with Crippen molar-refractivity contribution in [2.24, 2.45) is 5.92 Å². The molecule has 112 valence electrons. The highest BCUT2D eigenvalue weighted by atomic mass is 16.2. The van der Waals surface area contributed by atoms with Gasteiger partial charge in [-0.05, 0) is 31.6 Å². The minimum Gasteiger partial charge on any atom is -0.312 e. The van der Waals surface area contributed by atoms with Crippen molar-refractivity contribution in [2.45, 2.75) is 71.0 Å². The van der Waals surface area contributed by atoms with Gasteiger partial charge in [0.25, 0.3) is 0 Å². The van der Waals surface area contributed by atoms with Crippen molar-refractivity contribution in [1.82, 2.24) is 19.7 Å². The van der Waals surface area contributed by atoms with Gasteiger partial charge in [-0.15, -0.1) is 0 Å². The van der Waals surface area contributed by atoms with Crippen molar-refractivity contribution in [2.75, 3.05) is 6.54 Å². The summed E-state index contributed by atoms with van der Waals surface area (Å²) in [5.74, 6) is 1.74. The van der Waals surface area contributed by atoms with E-state index in [0.717, 1.165) is 44.1 Å². The first-order valence-electron chi connectivity index (χ1n) is 8.15. The van der Waals surface area contributed by atoms with Crippen LogP contribution in [0.4, 0.5) is 0 Å². The van der Waals surface area contributed by atoms with E-state index in [1.165, 1.54) is 25.7 Å². The van der Waals surface area contributed by atoms with Crippen LogP contribution in [-0.2, 0) is 19.5 Å². The van der Waals surface area contributed by atoms with Crippen molar-refractivity contribution in [3.63, 3.8) is 0 Å². The number of aromatic nitrogens is 3. The minimum absolute atomic E-state index is 0.0817. The van der Waals surface area contributed by atoms with Crippen molar-refractivity contribution in [3.8, 4) is 0 Å². The predicted molar refractivity (Wildman–Crippen MR) is 78.8 cm³/mol. The molecule has 0 radical (unpaired) electrons. The molecule has 1 aliphatic heterocycles. The Bertz CT molecular complexity index is 504. The Hall–Kier alpha value is -1.10. The maximum absolute atomic E-state index is 12.2. The molecule has 20 heavy (non-hydrogen) atoms. The first kappa shape index (κ1) is 13.9. The molecule has 5 nitrogen and oxygen atoms in total. The smallest absolute Gasteiger partial charge is 0.312 e. The fraction of sp³-hybridized carbons (Fsp3) is 0.867.